The van der Waals surface area contributed by atoms with E-state index in [1.165, 1.54) is 21.3 Å². The summed E-state index contributed by atoms with van der Waals surface area (Å²) < 4.78 is 16.1. The molecule has 0 spiro atoms. The van der Waals surface area contributed by atoms with Crippen LogP contribution in [0.4, 0.5) is 4.79 Å². The number of hydrogen-bond acceptors (Lipinski definition) is 5. The van der Waals surface area contributed by atoms with Crippen LogP contribution in [0.3, 0.4) is 0 Å². The molecule has 2 aliphatic rings. The van der Waals surface area contributed by atoms with Crippen LogP contribution in [0.2, 0.25) is 0 Å². The largest absolute Gasteiger partial charge is 0.493 e. The molecule has 8 nitrogen and oxygen atoms in total. The van der Waals surface area contributed by atoms with Gasteiger partial charge in [0.05, 0.1) is 45.2 Å². The smallest absolute Gasteiger partial charge is 0.319 e. The van der Waals surface area contributed by atoms with Crippen LogP contribution in [0.15, 0.2) is 23.4 Å². The number of benzene rings is 1. The van der Waals surface area contributed by atoms with Crippen molar-refractivity contribution in [2.24, 2.45) is 0 Å². The zero-order valence-electron chi connectivity index (χ0n) is 15.3. The maximum absolute atomic E-state index is 12.8. The summed E-state index contributed by atoms with van der Waals surface area (Å²) in [6.45, 7) is 3.07. The highest BCUT2D eigenvalue weighted by atomic mass is 16.5. The van der Waals surface area contributed by atoms with Gasteiger partial charge in [0.15, 0.2) is 11.5 Å². The van der Waals surface area contributed by atoms with Crippen LogP contribution in [0, 0.1) is 0 Å². The van der Waals surface area contributed by atoms with Gasteiger partial charge in [-0.2, -0.15) is 0 Å². The summed E-state index contributed by atoms with van der Waals surface area (Å²) in [5, 5.41) is 5.59. The van der Waals surface area contributed by atoms with Crippen molar-refractivity contribution in [3.8, 4) is 17.2 Å². The van der Waals surface area contributed by atoms with Crippen molar-refractivity contribution in [3.63, 3.8) is 0 Å². The maximum Gasteiger partial charge on any atom is 0.319 e. The highest BCUT2D eigenvalue weighted by molar-refractivity contribution is 6.01. The van der Waals surface area contributed by atoms with E-state index < -0.39 is 6.04 Å². The van der Waals surface area contributed by atoms with Crippen molar-refractivity contribution in [3.05, 3.63) is 29.0 Å². The van der Waals surface area contributed by atoms with Gasteiger partial charge in [0.2, 0.25) is 5.75 Å². The van der Waals surface area contributed by atoms with Crippen LogP contribution in [0.1, 0.15) is 24.9 Å². The van der Waals surface area contributed by atoms with E-state index in [1.807, 2.05) is 6.92 Å². The Morgan fingerprint density at radius 2 is 1.77 bits per heavy atom. The molecular weight excluding hydrogens is 338 g/mol. The van der Waals surface area contributed by atoms with Crippen molar-refractivity contribution in [1.29, 1.82) is 0 Å². The van der Waals surface area contributed by atoms with E-state index in [0.717, 1.165) is 6.42 Å². The minimum absolute atomic E-state index is 0.0758. The predicted molar refractivity (Wildman–Crippen MR) is 94.4 cm³/mol. The normalized spacial score (nSPS) is 19.1. The Morgan fingerprint density at radius 1 is 1.12 bits per heavy atom. The van der Waals surface area contributed by atoms with Crippen molar-refractivity contribution in [1.82, 2.24) is 15.5 Å². The molecule has 26 heavy (non-hydrogen) atoms. The highest BCUT2D eigenvalue weighted by Gasteiger charge is 2.40. The Morgan fingerprint density at radius 3 is 2.31 bits per heavy atom. The van der Waals surface area contributed by atoms with E-state index in [-0.39, 0.29) is 11.9 Å². The number of urea groups is 1. The summed E-state index contributed by atoms with van der Waals surface area (Å²) in [7, 11) is 4.57. The number of carbonyl (C=O) groups is 2. The lowest BCUT2D eigenvalue weighted by Crippen LogP contribution is -2.44. The summed E-state index contributed by atoms with van der Waals surface area (Å²) >= 11 is 0. The molecule has 140 valence electrons. The second-order valence-corrected chi connectivity index (χ2v) is 6.11. The minimum atomic E-state index is -0.582. The number of nitrogens with zero attached hydrogens (tertiary/aromatic N) is 1. The number of carbonyl (C=O) groups excluding carboxylic acids is 2. The van der Waals surface area contributed by atoms with Crippen molar-refractivity contribution < 1.29 is 23.8 Å². The molecule has 0 aromatic heterocycles. The summed E-state index contributed by atoms with van der Waals surface area (Å²) in [6.07, 6.45) is 0.850. The molecule has 0 fully saturated rings. The first-order valence-corrected chi connectivity index (χ1v) is 8.43. The molecule has 0 saturated heterocycles. The van der Waals surface area contributed by atoms with Gasteiger partial charge in [-0.05, 0) is 24.1 Å². The fourth-order valence-electron chi connectivity index (χ4n) is 3.40. The molecule has 3 rings (SSSR count). The molecule has 2 N–H and O–H groups in total. The molecule has 2 heterocycles. The van der Waals surface area contributed by atoms with Gasteiger partial charge in [-0.3, -0.25) is 4.79 Å². The highest BCUT2D eigenvalue weighted by Crippen LogP contribution is 2.42. The number of methoxy groups -OCH3 is 3. The molecule has 8 heteroatoms. The molecule has 0 bridgehead atoms. The van der Waals surface area contributed by atoms with Gasteiger partial charge in [-0.25, -0.2) is 4.79 Å². The zero-order valence-corrected chi connectivity index (χ0v) is 15.3. The van der Waals surface area contributed by atoms with Crippen molar-refractivity contribution in [2.75, 3.05) is 34.4 Å². The molecule has 1 atom stereocenters. The predicted octanol–water partition coefficient (Wildman–Crippen LogP) is 1.57. The van der Waals surface area contributed by atoms with Crippen LogP contribution in [-0.2, 0) is 4.79 Å². The molecule has 2 aliphatic heterocycles. The summed E-state index contributed by atoms with van der Waals surface area (Å²) in [5.74, 6) is 1.31. The topological polar surface area (TPSA) is 89.1 Å². The third-order valence-electron chi connectivity index (χ3n) is 4.53. The SMILES string of the molecule is CCCN1CC2=C(C1=O)[C@H](c1cc(OC)c(OC)c(OC)c1)NC(=O)N2. The molecule has 0 unspecified atom stereocenters. The average Bonchev–Trinajstić information content (AvgIpc) is 2.95. The Labute approximate surface area is 152 Å². The second kappa shape index (κ2) is 7.15. The summed E-state index contributed by atoms with van der Waals surface area (Å²) in [4.78, 5) is 26.7. The van der Waals surface area contributed by atoms with Crippen LogP contribution in [-0.4, -0.2) is 51.3 Å². The van der Waals surface area contributed by atoms with Gasteiger partial charge in [-0.15, -0.1) is 0 Å². The van der Waals surface area contributed by atoms with E-state index >= 15 is 0 Å². The van der Waals surface area contributed by atoms with Gasteiger partial charge in [0.1, 0.15) is 0 Å². The van der Waals surface area contributed by atoms with E-state index in [1.54, 1.807) is 17.0 Å². The molecule has 0 radical (unpaired) electrons. The number of hydrogen-bond donors (Lipinski definition) is 2. The standard InChI is InChI=1S/C18H23N3O5/c1-5-6-21-9-11-14(17(21)22)15(20-18(23)19-11)10-7-12(24-2)16(26-4)13(8-10)25-3/h7-8,15H,5-6,9H2,1-4H3,(H2,19,20,23)/t15-/m0/s1. The Hall–Kier alpha value is -2.90. The molecule has 3 amide bonds. The van der Waals surface area contributed by atoms with Gasteiger partial charge in [-0.1, -0.05) is 6.92 Å². The fraction of sp³-hybridized carbons (Fsp3) is 0.444. The minimum Gasteiger partial charge on any atom is -0.493 e. The first kappa shape index (κ1) is 17.9. The molecule has 1 aromatic carbocycles. The van der Waals surface area contributed by atoms with Crippen molar-refractivity contribution >= 4 is 11.9 Å². The van der Waals surface area contributed by atoms with E-state index in [9.17, 15) is 9.59 Å². The summed E-state index contributed by atoms with van der Waals surface area (Å²) in [5.41, 5.74) is 1.88. The molecular formula is C18H23N3O5. The lowest BCUT2D eigenvalue weighted by molar-refractivity contribution is -0.125. The van der Waals surface area contributed by atoms with Gasteiger partial charge >= 0.3 is 6.03 Å². The first-order chi connectivity index (χ1) is 12.5. The monoisotopic (exact) mass is 361 g/mol. The fourth-order valence-corrected chi connectivity index (χ4v) is 3.40. The van der Waals surface area contributed by atoms with Gasteiger partial charge in [0, 0.05) is 6.54 Å². The Kier molecular flexibility index (Phi) is 4.92. The Balaban J connectivity index is 2.06. The number of rotatable bonds is 6. The lowest BCUT2D eigenvalue weighted by Gasteiger charge is -2.26. The van der Waals surface area contributed by atoms with Crippen LogP contribution < -0.4 is 24.8 Å². The molecule has 1 aromatic rings. The summed E-state index contributed by atoms with van der Waals surface area (Å²) in [6, 6.07) is 2.58. The van der Waals surface area contributed by atoms with Crippen LogP contribution >= 0.6 is 0 Å². The first-order valence-electron chi connectivity index (χ1n) is 8.43. The quantitative estimate of drug-likeness (QED) is 0.803. The maximum atomic E-state index is 12.8. The van der Waals surface area contributed by atoms with Gasteiger partial charge < -0.3 is 29.7 Å². The van der Waals surface area contributed by atoms with Gasteiger partial charge in [0.25, 0.3) is 5.91 Å². The van der Waals surface area contributed by atoms with Crippen LogP contribution in [0.5, 0.6) is 17.2 Å². The molecule has 0 saturated carbocycles. The van der Waals surface area contributed by atoms with Crippen LogP contribution in [0.25, 0.3) is 0 Å². The zero-order chi connectivity index (χ0) is 18.8. The molecule has 0 aliphatic carbocycles. The number of nitrogens with one attached hydrogen (secondary N) is 2. The van der Waals surface area contributed by atoms with E-state index in [2.05, 4.69) is 10.6 Å². The third-order valence-corrected chi connectivity index (χ3v) is 4.53. The average molecular weight is 361 g/mol. The number of ether oxygens (including phenoxy) is 3. The second-order valence-electron chi connectivity index (χ2n) is 6.11. The Bertz CT molecular complexity index is 749. The number of amides is 3. The third kappa shape index (κ3) is 2.91. The van der Waals surface area contributed by atoms with Crippen molar-refractivity contribution in [2.45, 2.75) is 19.4 Å². The van der Waals surface area contributed by atoms with E-state index in [0.29, 0.717) is 47.2 Å². The van der Waals surface area contributed by atoms with E-state index in [4.69, 9.17) is 14.2 Å². The lowest BCUT2D eigenvalue weighted by atomic mass is 9.95.